The highest BCUT2D eigenvalue weighted by Gasteiger charge is 2.13. The average molecular weight is 319 g/mol. The summed E-state index contributed by atoms with van der Waals surface area (Å²) in [5, 5.41) is 0.569. The highest BCUT2D eigenvalue weighted by atomic mass is 79.9. The van der Waals surface area contributed by atoms with Crippen LogP contribution in [-0.2, 0) is 0 Å². The van der Waals surface area contributed by atoms with Gasteiger partial charge in [0.25, 0.3) is 5.91 Å². The van der Waals surface area contributed by atoms with Gasteiger partial charge in [-0.3, -0.25) is 4.79 Å². The number of carbonyl (C=O) groups is 1. The molecule has 0 saturated carbocycles. The summed E-state index contributed by atoms with van der Waals surface area (Å²) in [6.45, 7) is 5.06. The van der Waals surface area contributed by atoms with Crippen LogP contribution in [-0.4, -0.2) is 24.4 Å². The SMILES string of the molecule is CC(C)CCN(C)C(=O)c1cc(Cl)cc(Br)c1. The van der Waals surface area contributed by atoms with Crippen molar-refractivity contribution in [1.82, 2.24) is 4.90 Å². The molecular formula is C13H17BrClNO. The average Bonchev–Trinajstić information content (AvgIpc) is 2.23. The lowest BCUT2D eigenvalue weighted by atomic mass is 10.1. The second-order valence-corrected chi connectivity index (χ2v) is 5.92. The van der Waals surface area contributed by atoms with E-state index in [0.29, 0.717) is 16.5 Å². The first kappa shape index (κ1) is 14.5. The van der Waals surface area contributed by atoms with Crippen molar-refractivity contribution in [2.45, 2.75) is 20.3 Å². The van der Waals surface area contributed by atoms with E-state index in [-0.39, 0.29) is 5.91 Å². The largest absolute Gasteiger partial charge is 0.342 e. The van der Waals surface area contributed by atoms with E-state index in [0.717, 1.165) is 17.4 Å². The van der Waals surface area contributed by atoms with Crippen molar-refractivity contribution in [3.8, 4) is 0 Å². The van der Waals surface area contributed by atoms with Crippen LogP contribution in [0, 0.1) is 5.92 Å². The Morgan fingerprint density at radius 3 is 2.59 bits per heavy atom. The molecule has 0 aliphatic carbocycles. The smallest absolute Gasteiger partial charge is 0.253 e. The van der Waals surface area contributed by atoms with Crippen LogP contribution >= 0.6 is 27.5 Å². The number of nitrogens with zero attached hydrogens (tertiary/aromatic N) is 1. The Bertz CT molecular complexity index is 386. The fraction of sp³-hybridized carbons (Fsp3) is 0.462. The molecule has 0 spiro atoms. The first-order valence-electron chi connectivity index (χ1n) is 5.61. The van der Waals surface area contributed by atoms with Crippen molar-refractivity contribution in [1.29, 1.82) is 0 Å². The van der Waals surface area contributed by atoms with Gasteiger partial charge in [-0.2, -0.15) is 0 Å². The van der Waals surface area contributed by atoms with E-state index in [9.17, 15) is 4.79 Å². The molecule has 4 heteroatoms. The molecule has 0 heterocycles. The summed E-state index contributed by atoms with van der Waals surface area (Å²) in [5.41, 5.74) is 0.621. The molecule has 0 unspecified atom stereocenters. The molecule has 0 bridgehead atoms. The lowest BCUT2D eigenvalue weighted by Gasteiger charge is -2.18. The molecular weight excluding hydrogens is 302 g/mol. The van der Waals surface area contributed by atoms with Gasteiger partial charge in [-0.15, -0.1) is 0 Å². The molecule has 1 aromatic carbocycles. The van der Waals surface area contributed by atoms with Crippen LogP contribution in [0.1, 0.15) is 30.6 Å². The zero-order chi connectivity index (χ0) is 13.0. The maximum Gasteiger partial charge on any atom is 0.253 e. The molecule has 1 amide bonds. The Hall–Kier alpha value is -0.540. The van der Waals surface area contributed by atoms with Crippen LogP contribution in [0.2, 0.25) is 5.02 Å². The van der Waals surface area contributed by atoms with Crippen molar-refractivity contribution in [2.75, 3.05) is 13.6 Å². The van der Waals surface area contributed by atoms with Gasteiger partial charge in [0, 0.05) is 28.7 Å². The molecule has 17 heavy (non-hydrogen) atoms. The Labute approximate surface area is 116 Å². The van der Waals surface area contributed by atoms with Gasteiger partial charge in [0.1, 0.15) is 0 Å². The topological polar surface area (TPSA) is 20.3 Å². The van der Waals surface area contributed by atoms with Crippen molar-refractivity contribution < 1.29 is 4.79 Å². The van der Waals surface area contributed by atoms with E-state index in [1.165, 1.54) is 0 Å². The van der Waals surface area contributed by atoms with Gasteiger partial charge < -0.3 is 4.90 Å². The normalized spacial score (nSPS) is 10.7. The molecule has 0 aliphatic rings. The lowest BCUT2D eigenvalue weighted by molar-refractivity contribution is 0.0789. The lowest BCUT2D eigenvalue weighted by Crippen LogP contribution is -2.28. The maximum absolute atomic E-state index is 12.1. The number of hydrogen-bond donors (Lipinski definition) is 0. The Morgan fingerprint density at radius 1 is 1.41 bits per heavy atom. The Morgan fingerprint density at radius 2 is 2.06 bits per heavy atom. The second-order valence-electron chi connectivity index (χ2n) is 4.57. The van der Waals surface area contributed by atoms with Gasteiger partial charge in [0.05, 0.1) is 0 Å². The Balaban J connectivity index is 2.74. The summed E-state index contributed by atoms with van der Waals surface area (Å²) in [6.07, 6.45) is 1.00. The minimum absolute atomic E-state index is 0.00819. The van der Waals surface area contributed by atoms with E-state index >= 15 is 0 Å². The number of carbonyl (C=O) groups excluding carboxylic acids is 1. The summed E-state index contributed by atoms with van der Waals surface area (Å²) in [5.74, 6) is 0.602. The summed E-state index contributed by atoms with van der Waals surface area (Å²) in [4.78, 5) is 13.8. The van der Waals surface area contributed by atoms with Gasteiger partial charge in [-0.25, -0.2) is 0 Å². The molecule has 0 fully saturated rings. The predicted molar refractivity (Wildman–Crippen MR) is 75.6 cm³/mol. The number of halogens is 2. The molecule has 0 atom stereocenters. The third kappa shape index (κ3) is 4.68. The van der Waals surface area contributed by atoms with E-state index in [4.69, 9.17) is 11.6 Å². The molecule has 1 aromatic rings. The molecule has 94 valence electrons. The Kier molecular flexibility index (Phi) is 5.47. The molecule has 0 saturated heterocycles. The third-order valence-corrected chi connectivity index (χ3v) is 3.17. The number of amides is 1. The fourth-order valence-corrected chi connectivity index (χ4v) is 2.31. The van der Waals surface area contributed by atoms with Crippen LogP contribution in [0.4, 0.5) is 0 Å². The second kappa shape index (κ2) is 6.41. The van der Waals surface area contributed by atoms with Gasteiger partial charge in [0.15, 0.2) is 0 Å². The molecule has 0 aromatic heterocycles. The van der Waals surface area contributed by atoms with Gasteiger partial charge in [0.2, 0.25) is 0 Å². The van der Waals surface area contributed by atoms with Crippen LogP contribution in [0.25, 0.3) is 0 Å². The maximum atomic E-state index is 12.1. The van der Waals surface area contributed by atoms with E-state index in [1.807, 2.05) is 7.05 Å². The molecule has 0 N–H and O–H groups in total. The zero-order valence-corrected chi connectivity index (χ0v) is 12.7. The van der Waals surface area contributed by atoms with E-state index in [1.54, 1.807) is 23.1 Å². The highest BCUT2D eigenvalue weighted by Crippen LogP contribution is 2.20. The van der Waals surface area contributed by atoms with E-state index in [2.05, 4.69) is 29.8 Å². The summed E-state index contributed by atoms with van der Waals surface area (Å²) in [6, 6.07) is 5.26. The summed E-state index contributed by atoms with van der Waals surface area (Å²) in [7, 11) is 1.82. The zero-order valence-electron chi connectivity index (χ0n) is 10.3. The van der Waals surface area contributed by atoms with Gasteiger partial charge in [-0.05, 0) is 30.5 Å². The quantitative estimate of drug-likeness (QED) is 0.814. The summed E-state index contributed by atoms with van der Waals surface area (Å²) < 4.78 is 0.825. The molecule has 2 nitrogen and oxygen atoms in total. The minimum atomic E-state index is 0.00819. The standard InChI is InChI=1S/C13H17BrClNO/c1-9(2)4-5-16(3)13(17)10-6-11(14)8-12(15)7-10/h6-9H,4-5H2,1-3H3. The fourth-order valence-electron chi connectivity index (χ4n) is 1.45. The van der Waals surface area contributed by atoms with Crippen molar-refractivity contribution in [2.24, 2.45) is 5.92 Å². The van der Waals surface area contributed by atoms with Gasteiger partial charge in [-0.1, -0.05) is 41.4 Å². The molecule has 0 aliphatic heterocycles. The highest BCUT2D eigenvalue weighted by molar-refractivity contribution is 9.10. The van der Waals surface area contributed by atoms with Crippen LogP contribution in [0.15, 0.2) is 22.7 Å². The first-order chi connectivity index (χ1) is 7.90. The minimum Gasteiger partial charge on any atom is -0.342 e. The molecule has 0 radical (unpaired) electrons. The van der Waals surface area contributed by atoms with Crippen LogP contribution in [0.5, 0.6) is 0 Å². The number of benzene rings is 1. The van der Waals surface area contributed by atoms with Crippen molar-refractivity contribution in [3.05, 3.63) is 33.3 Å². The van der Waals surface area contributed by atoms with Crippen molar-refractivity contribution >= 4 is 33.4 Å². The van der Waals surface area contributed by atoms with Crippen LogP contribution in [0.3, 0.4) is 0 Å². The predicted octanol–water partition coefficient (Wildman–Crippen LogP) is 4.22. The van der Waals surface area contributed by atoms with E-state index < -0.39 is 0 Å². The number of rotatable bonds is 4. The first-order valence-corrected chi connectivity index (χ1v) is 6.79. The number of hydrogen-bond acceptors (Lipinski definition) is 1. The monoisotopic (exact) mass is 317 g/mol. The molecule has 1 rings (SSSR count). The van der Waals surface area contributed by atoms with Crippen LogP contribution < -0.4 is 0 Å². The van der Waals surface area contributed by atoms with Crippen molar-refractivity contribution in [3.63, 3.8) is 0 Å². The summed E-state index contributed by atoms with van der Waals surface area (Å²) >= 11 is 9.26. The third-order valence-electron chi connectivity index (χ3n) is 2.50. The van der Waals surface area contributed by atoms with Gasteiger partial charge >= 0.3 is 0 Å².